The Labute approximate surface area is 112 Å². The van der Waals surface area contributed by atoms with Crippen LogP contribution in [0.25, 0.3) is 16.3 Å². The van der Waals surface area contributed by atoms with Crippen LogP contribution in [0.2, 0.25) is 0 Å². The predicted molar refractivity (Wildman–Crippen MR) is 75.7 cm³/mol. The van der Waals surface area contributed by atoms with Crippen molar-refractivity contribution >= 4 is 16.3 Å². The molecule has 0 saturated carbocycles. The Balaban J connectivity index is 2.48. The molecule has 3 nitrogen and oxygen atoms in total. The quantitative estimate of drug-likeness (QED) is 0.824. The van der Waals surface area contributed by atoms with Crippen molar-refractivity contribution in [3.05, 3.63) is 42.0 Å². The molecule has 0 spiro atoms. The predicted octanol–water partition coefficient (Wildman–Crippen LogP) is 3.40. The molecule has 0 aromatic heterocycles. The molecule has 0 atom stereocenters. The van der Waals surface area contributed by atoms with Crippen molar-refractivity contribution in [2.75, 3.05) is 20.8 Å². The topological polar surface area (TPSA) is 27.7 Å². The van der Waals surface area contributed by atoms with Crippen LogP contribution in [0.4, 0.5) is 0 Å². The molecule has 2 aromatic rings. The summed E-state index contributed by atoms with van der Waals surface area (Å²) in [4.78, 5) is 0. The zero-order valence-electron chi connectivity index (χ0n) is 11.2. The van der Waals surface area contributed by atoms with E-state index in [9.17, 15) is 0 Å². The summed E-state index contributed by atoms with van der Waals surface area (Å²) in [6, 6.07) is 8.07. The van der Waals surface area contributed by atoms with Crippen molar-refractivity contribution in [3.63, 3.8) is 0 Å². The molecular formula is C16H16O3. The summed E-state index contributed by atoms with van der Waals surface area (Å²) in [5, 5.41) is 2.09. The van der Waals surface area contributed by atoms with E-state index in [4.69, 9.17) is 14.2 Å². The number of rotatable bonds is 2. The fourth-order valence-electron chi connectivity index (χ4n) is 2.73. The van der Waals surface area contributed by atoms with Crippen molar-refractivity contribution in [1.29, 1.82) is 0 Å². The zero-order chi connectivity index (χ0) is 13.4. The van der Waals surface area contributed by atoms with Gasteiger partial charge in [-0.25, -0.2) is 0 Å². The van der Waals surface area contributed by atoms with Gasteiger partial charge >= 0.3 is 0 Å². The van der Waals surface area contributed by atoms with Gasteiger partial charge in [-0.2, -0.15) is 0 Å². The molecule has 0 radical (unpaired) electrons. The number of benzene rings is 2. The van der Waals surface area contributed by atoms with Gasteiger partial charge in [0.15, 0.2) is 0 Å². The van der Waals surface area contributed by atoms with E-state index < -0.39 is 0 Å². The molecule has 2 aromatic carbocycles. The Hall–Kier alpha value is -2.00. The van der Waals surface area contributed by atoms with Crippen LogP contribution in [-0.4, -0.2) is 20.8 Å². The summed E-state index contributed by atoms with van der Waals surface area (Å²) in [6.45, 7) is 5.14. The first-order valence-corrected chi connectivity index (χ1v) is 6.19. The fourth-order valence-corrected chi connectivity index (χ4v) is 2.73. The van der Waals surface area contributed by atoms with E-state index >= 15 is 0 Å². The maximum atomic E-state index is 5.62. The van der Waals surface area contributed by atoms with E-state index in [1.807, 2.05) is 24.3 Å². The third kappa shape index (κ3) is 1.70. The van der Waals surface area contributed by atoms with Gasteiger partial charge < -0.3 is 14.2 Å². The van der Waals surface area contributed by atoms with Crippen molar-refractivity contribution in [3.8, 4) is 11.5 Å². The largest absolute Gasteiger partial charge is 0.496 e. The van der Waals surface area contributed by atoms with E-state index in [2.05, 4.69) is 6.58 Å². The normalized spacial score (nSPS) is 14.3. The van der Waals surface area contributed by atoms with E-state index in [1.165, 1.54) is 0 Å². The first-order valence-electron chi connectivity index (χ1n) is 6.19. The van der Waals surface area contributed by atoms with Gasteiger partial charge in [0.1, 0.15) is 11.5 Å². The molecule has 0 fully saturated rings. The van der Waals surface area contributed by atoms with Crippen molar-refractivity contribution in [1.82, 2.24) is 0 Å². The minimum atomic E-state index is 0.527. The molecule has 1 heterocycles. The average Bonchev–Trinajstić information content (AvgIpc) is 2.45. The van der Waals surface area contributed by atoms with Crippen LogP contribution in [0, 0.1) is 0 Å². The summed E-state index contributed by atoms with van der Waals surface area (Å²) in [6.07, 6.45) is 0. The Bertz CT molecular complexity index is 659. The highest BCUT2D eigenvalue weighted by Crippen LogP contribution is 2.45. The smallest absolute Gasteiger partial charge is 0.134 e. The second kappa shape index (κ2) is 4.59. The molecule has 1 aliphatic rings. The van der Waals surface area contributed by atoms with Crippen molar-refractivity contribution < 1.29 is 14.2 Å². The highest BCUT2D eigenvalue weighted by atomic mass is 16.5. The summed E-state index contributed by atoms with van der Waals surface area (Å²) in [7, 11) is 3.38. The highest BCUT2D eigenvalue weighted by molar-refractivity contribution is 5.99. The molecule has 3 rings (SSSR count). The molecule has 0 unspecified atom stereocenters. The number of fused-ring (bicyclic) bond motifs is 2. The van der Waals surface area contributed by atoms with Crippen molar-refractivity contribution in [2.24, 2.45) is 0 Å². The molecule has 3 heteroatoms. The van der Waals surface area contributed by atoms with Gasteiger partial charge in [0.05, 0.1) is 27.4 Å². The molecule has 0 saturated heterocycles. The summed E-state index contributed by atoms with van der Waals surface area (Å²) < 4.78 is 16.8. The first-order chi connectivity index (χ1) is 9.27. The third-order valence-electron chi connectivity index (χ3n) is 3.50. The van der Waals surface area contributed by atoms with Crippen LogP contribution in [0.3, 0.4) is 0 Å². The summed E-state index contributed by atoms with van der Waals surface area (Å²) in [5.74, 6) is 1.71. The minimum absolute atomic E-state index is 0.527. The van der Waals surface area contributed by atoms with Crippen LogP contribution in [-0.2, 0) is 11.3 Å². The first kappa shape index (κ1) is 12.1. The van der Waals surface area contributed by atoms with Gasteiger partial charge in [-0.15, -0.1) is 0 Å². The van der Waals surface area contributed by atoms with E-state index in [-0.39, 0.29) is 0 Å². The van der Waals surface area contributed by atoms with Crippen LogP contribution in [0.1, 0.15) is 11.1 Å². The lowest BCUT2D eigenvalue weighted by Crippen LogP contribution is -2.12. The van der Waals surface area contributed by atoms with Crippen molar-refractivity contribution in [2.45, 2.75) is 6.61 Å². The number of ether oxygens (including phenoxy) is 3. The lowest BCUT2D eigenvalue weighted by atomic mass is 9.92. The van der Waals surface area contributed by atoms with Crippen LogP contribution >= 0.6 is 0 Å². The standard InChI is InChI=1S/C16H16O3/c1-10-8-19-9-13-14(10)16(18-3)12-7-5-4-6-11(12)15(13)17-2/h4-7H,1,8-9H2,2-3H3. The SMILES string of the molecule is C=C1COCc2c1c(OC)c1ccccc1c2OC. The summed E-state index contributed by atoms with van der Waals surface area (Å²) in [5.41, 5.74) is 2.99. The molecule has 19 heavy (non-hydrogen) atoms. The van der Waals surface area contributed by atoms with Gasteiger partial charge in [-0.1, -0.05) is 30.8 Å². The summed E-state index contributed by atoms with van der Waals surface area (Å²) >= 11 is 0. The third-order valence-corrected chi connectivity index (χ3v) is 3.50. The molecule has 1 aliphatic heterocycles. The maximum Gasteiger partial charge on any atom is 0.134 e. The van der Waals surface area contributed by atoms with E-state index in [1.54, 1.807) is 14.2 Å². The lowest BCUT2D eigenvalue weighted by molar-refractivity contribution is 0.143. The molecule has 98 valence electrons. The van der Waals surface area contributed by atoms with Crippen LogP contribution in [0.15, 0.2) is 30.8 Å². The molecule has 0 bridgehead atoms. The van der Waals surface area contributed by atoms with Gasteiger partial charge in [0.25, 0.3) is 0 Å². The number of methoxy groups -OCH3 is 2. The molecular weight excluding hydrogens is 240 g/mol. The van der Waals surface area contributed by atoms with E-state index in [0.717, 1.165) is 39.0 Å². The van der Waals surface area contributed by atoms with Gasteiger partial charge in [0.2, 0.25) is 0 Å². The second-order valence-corrected chi connectivity index (χ2v) is 4.56. The number of hydrogen-bond acceptors (Lipinski definition) is 3. The number of hydrogen-bond donors (Lipinski definition) is 0. The average molecular weight is 256 g/mol. The highest BCUT2D eigenvalue weighted by Gasteiger charge is 2.25. The van der Waals surface area contributed by atoms with Crippen LogP contribution in [0.5, 0.6) is 11.5 Å². The maximum absolute atomic E-state index is 5.62. The molecule has 0 amide bonds. The van der Waals surface area contributed by atoms with Gasteiger partial charge in [-0.05, 0) is 5.57 Å². The Morgan fingerprint density at radius 3 is 2.26 bits per heavy atom. The molecule has 0 N–H and O–H groups in total. The minimum Gasteiger partial charge on any atom is -0.496 e. The van der Waals surface area contributed by atoms with Gasteiger partial charge in [0, 0.05) is 21.9 Å². The second-order valence-electron chi connectivity index (χ2n) is 4.56. The van der Waals surface area contributed by atoms with Gasteiger partial charge in [-0.3, -0.25) is 0 Å². The monoisotopic (exact) mass is 256 g/mol. The Morgan fingerprint density at radius 2 is 1.63 bits per heavy atom. The fraction of sp³-hybridized carbons (Fsp3) is 0.250. The Morgan fingerprint density at radius 1 is 1.00 bits per heavy atom. The Kier molecular flexibility index (Phi) is 2.91. The van der Waals surface area contributed by atoms with E-state index in [0.29, 0.717) is 13.2 Å². The molecule has 0 aliphatic carbocycles. The zero-order valence-corrected chi connectivity index (χ0v) is 11.2. The lowest BCUT2D eigenvalue weighted by Gasteiger charge is -2.25. The van der Waals surface area contributed by atoms with Crippen LogP contribution < -0.4 is 9.47 Å².